The Bertz CT molecular complexity index is 578. The largest absolute Gasteiger partial charge is 0.357 e. The number of hydrogen-bond acceptors (Lipinski definition) is 6. The summed E-state index contributed by atoms with van der Waals surface area (Å²) in [5.74, 6) is 1.36. The van der Waals surface area contributed by atoms with Crippen LogP contribution in [0.15, 0.2) is 36.8 Å². The lowest BCUT2D eigenvalue weighted by molar-refractivity contribution is 0.778. The molecule has 0 fully saturated rings. The second-order valence-corrected chi connectivity index (χ2v) is 4.18. The number of aromatic nitrogens is 3. The fraction of sp³-hybridized carbons (Fsp3) is 0.286. The van der Waals surface area contributed by atoms with Crippen molar-refractivity contribution in [3.05, 3.63) is 42.4 Å². The lowest BCUT2D eigenvalue weighted by Gasteiger charge is -2.22. The molecule has 0 atom stereocenters. The molecule has 0 bridgehead atoms. The first-order valence-electron chi connectivity index (χ1n) is 6.35. The van der Waals surface area contributed by atoms with Gasteiger partial charge in [-0.25, -0.2) is 4.98 Å². The summed E-state index contributed by atoms with van der Waals surface area (Å²) < 4.78 is 0. The molecule has 0 saturated heterocycles. The summed E-state index contributed by atoms with van der Waals surface area (Å²) in [5.41, 5.74) is 1.08. The van der Waals surface area contributed by atoms with Crippen LogP contribution in [0.4, 0.5) is 11.8 Å². The van der Waals surface area contributed by atoms with Crippen molar-refractivity contribution in [2.24, 2.45) is 0 Å². The Kier molecular flexibility index (Phi) is 4.84. The first-order chi connectivity index (χ1) is 9.83. The molecule has 102 valence electrons. The predicted molar refractivity (Wildman–Crippen MR) is 77.1 cm³/mol. The van der Waals surface area contributed by atoms with Crippen LogP contribution in [0.1, 0.15) is 12.0 Å². The van der Waals surface area contributed by atoms with E-state index in [9.17, 15) is 0 Å². The lowest BCUT2D eigenvalue weighted by Crippen LogP contribution is -2.25. The molecule has 6 nitrogen and oxygen atoms in total. The molecule has 2 aromatic heterocycles. The van der Waals surface area contributed by atoms with E-state index >= 15 is 0 Å². The van der Waals surface area contributed by atoms with E-state index in [-0.39, 0.29) is 0 Å². The van der Waals surface area contributed by atoms with Gasteiger partial charge in [0.2, 0.25) is 5.95 Å². The standard InChI is InChI=1S/C14H16N6/c1-16-14-18-8-5-13(19-14)20(9-3-6-15)11-12-4-2-7-17-10-12/h2,4-5,7-8,10H,3,9,11H2,1H3,(H,16,18,19). The number of nitriles is 1. The molecular formula is C14H16N6. The van der Waals surface area contributed by atoms with E-state index < -0.39 is 0 Å². The minimum absolute atomic E-state index is 0.444. The van der Waals surface area contributed by atoms with Crippen molar-refractivity contribution in [2.75, 3.05) is 23.8 Å². The van der Waals surface area contributed by atoms with Crippen molar-refractivity contribution >= 4 is 11.8 Å². The van der Waals surface area contributed by atoms with E-state index in [0.717, 1.165) is 11.4 Å². The van der Waals surface area contributed by atoms with Gasteiger partial charge in [-0.15, -0.1) is 0 Å². The number of nitrogens with zero attached hydrogens (tertiary/aromatic N) is 5. The quantitative estimate of drug-likeness (QED) is 0.861. The maximum absolute atomic E-state index is 8.79. The normalized spacial score (nSPS) is 9.80. The van der Waals surface area contributed by atoms with E-state index in [1.54, 1.807) is 19.4 Å². The average Bonchev–Trinajstić information content (AvgIpc) is 2.52. The summed E-state index contributed by atoms with van der Waals surface area (Å²) in [6.45, 7) is 1.28. The second kappa shape index (κ2) is 7.04. The van der Waals surface area contributed by atoms with Gasteiger partial charge in [-0.05, 0) is 17.7 Å². The van der Waals surface area contributed by atoms with Crippen molar-refractivity contribution in [1.82, 2.24) is 15.0 Å². The molecule has 6 heteroatoms. The van der Waals surface area contributed by atoms with Gasteiger partial charge >= 0.3 is 0 Å². The molecule has 0 aliphatic rings. The van der Waals surface area contributed by atoms with Crippen molar-refractivity contribution in [2.45, 2.75) is 13.0 Å². The van der Waals surface area contributed by atoms with E-state index in [4.69, 9.17) is 5.26 Å². The monoisotopic (exact) mass is 268 g/mol. The number of nitrogens with one attached hydrogen (secondary N) is 1. The Morgan fingerprint density at radius 3 is 2.95 bits per heavy atom. The molecule has 0 unspecified atom stereocenters. The predicted octanol–water partition coefficient (Wildman–Crippen LogP) is 1.83. The molecule has 2 rings (SSSR count). The molecule has 1 N–H and O–H groups in total. The summed E-state index contributed by atoms with van der Waals surface area (Å²) in [6.07, 6.45) is 5.71. The van der Waals surface area contributed by atoms with Crippen LogP contribution >= 0.6 is 0 Å². The van der Waals surface area contributed by atoms with Gasteiger partial charge < -0.3 is 10.2 Å². The van der Waals surface area contributed by atoms with Crippen molar-refractivity contribution in [1.29, 1.82) is 5.26 Å². The highest BCUT2D eigenvalue weighted by Gasteiger charge is 2.09. The van der Waals surface area contributed by atoms with Gasteiger partial charge in [-0.3, -0.25) is 4.98 Å². The first-order valence-corrected chi connectivity index (χ1v) is 6.35. The van der Waals surface area contributed by atoms with E-state index in [1.165, 1.54) is 0 Å². The topological polar surface area (TPSA) is 77.7 Å². The van der Waals surface area contributed by atoms with Gasteiger partial charge in [-0.2, -0.15) is 10.2 Å². The minimum atomic E-state index is 0.444. The summed E-state index contributed by atoms with van der Waals surface area (Å²) in [4.78, 5) is 14.7. The zero-order valence-electron chi connectivity index (χ0n) is 11.3. The fourth-order valence-corrected chi connectivity index (χ4v) is 1.82. The number of anilines is 2. The summed E-state index contributed by atoms with van der Waals surface area (Å²) in [5, 5.41) is 11.7. The van der Waals surface area contributed by atoms with Crippen LogP contribution in [0.25, 0.3) is 0 Å². The number of hydrogen-bond donors (Lipinski definition) is 1. The minimum Gasteiger partial charge on any atom is -0.357 e. The number of pyridine rings is 1. The third kappa shape index (κ3) is 3.65. The van der Waals surface area contributed by atoms with Gasteiger partial charge in [0.1, 0.15) is 5.82 Å². The SMILES string of the molecule is CNc1nccc(N(CCC#N)Cc2cccnc2)n1. The van der Waals surface area contributed by atoms with Crippen LogP contribution in [-0.4, -0.2) is 28.5 Å². The maximum Gasteiger partial charge on any atom is 0.224 e. The zero-order valence-corrected chi connectivity index (χ0v) is 11.3. The number of rotatable bonds is 6. The fourth-order valence-electron chi connectivity index (χ4n) is 1.82. The molecule has 2 aromatic rings. The van der Waals surface area contributed by atoms with Gasteiger partial charge in [0.25, 0.3) is 0 Å². The molecule has 0 aliphatic carbocycles. The Morgan fingerprint density at radius 2 is 2.25 bits per heavy atom. The Morgan fingerprint density at radius 1 is 1.35 bits per heavy atom. The van der Waals surface area contributed by atoms with Crippen molar-refractivity contribution in [3.8, 4) is 6.07 Å². The molecule has 2 heterocycles. The second-order valence-electron chi connectivity index (χ2n) is 4.18. The Hall–Kier alpha value is -2.68. The molecular weight excluding hydrogens is 252 g/mol. The van der Waals surface area contributed by atoms with Crippen LogP contribution in [-0.2, 0) is 6.54 Å². The van der Waals surface area contributed by atoms with Crippen LogP contribution in [0.2, 0.25) is 0 Å². The smallest absolute Gasteiger partial charge is 0.224 e. The average molecular weight is 268 g/mol. The molecule has 0 aliphatic heterocycles. The van der Waals surface area contributed by atoms with Crippen LogP contribution in [0.3, 0.4) is 0 Å². The lowest BCUT2D eigenvalue weighted by atomic mass is 10.2. The van der Waals surface area contributed by atoms with Crippen LogP contribution < -0.4 is 10.2 Å². The molecule has 0 spiro atoms. The van der Waals surface area contributed by atoms with Gasteiger partial charge in [0.15, 0.2) is 0 Å². The van der Waals surface area contributed by atoms with E-state index in [0.29, 0.717) is 25.5 Å². The molecule has 0 aromatic carbocycles. The third-order valence-electron chi connectivity index (χ3n) is 2.78. The van der Waals surface area contributed by atoms with E-state index in [2.05, 4.69) is 26.3 Å². The summed E-state index contributed by atoms with van der Waals surface area (Å²) in [7, 11) is 1.78. The van der Waals surface area contributed by atoms with Crippen LogP contribution in [0.5, 0.6) is 0 Å². The highest BCUT2D eigenvalue weighted by Crippen LogP contribution is 2.15. The Labute approximate surface area is 118 Å². The molecule has 0 radical (unpaired) electrons. The third-order valence-corrected chi connectivity index (χ3v) is 2.78. The van der Waals surface area contributed by atoms with Crippen molar-refractivity contribution in [3.63, 3.8) is 0 Å². The summed E-state index contributed by atoms with van der Waals surface area (Å²) >= 11 is 0. The van der Waals surface area contributed by atoms with Gasteiger partial charge in [0.05, 0.1) is 12.5 Å². The van der Waals surface area contributed by atoms with Crippen LogP contribution in [0, 0.1) is 11.3 Å². The Balaban J connectivity index is 2.20. The van der Waals surface area contributed by atoms with Gasteiger partial charge in [0, 0.05) is 38.7 Å². The van der Waals surface area contributed by atoms with E-state index in [1.807, 2.05) is 29.3 Å². The van der Waals surface area contributed by atoms with Crippen molar-refractivity contribution < 1.29 is 0 Å². The first kappa shape index (κ1) is 13.7. The maximum atomic E-state index is 8.79. The van der Waals surface area contributed by atoms with Gasteiger partial charge in [-0.1, -0.05) is 6.07 Å². The molecule has 0 amide bonds. The zero-order chi connectivity index (χ0) is 14.2. The highest BCUT2D eigenvalue weighted by atomic mass is 15.2. The molecule has 0 saturated carbocycles. The highest BCUT2D eigenvalue weighted by molar-refractivity contribution is 5.43. The molecule has 20 heavy (non-hydrogen) atoms. The summed E-state index contributed by atoms with van der Waals surface area (Å²) in [6, 6.07) is 7.91.